The van der Waals surface area contributed by atoms with Gasteiger partial charge in [0.1, 0.15) is 17.2 Å². The summed E-state index contributed by atoms with van der Waals surface area (Å²) in [6.45, 7) is 1.49. The first-order valence-electron chi connectivity index (χ1n) is 10.0. The molecule has 0 heterocycles. The Bertz CT molecular complexity index is 1150. The molecular formula is C24H25N3O4S. The predicted molar refractivity (Wildman–Crippen MR) is 124 cm³/mol. The molecule has 3 aromatic rings. The van der Waals surface area contributed by atoms with Gasteiger partial charge in [-0.05, 0) is 93.3 Å². The molecule has 0 spiro atoms. The molecule has 0 radical (unpaired) electrons. The van der Waals surface area contributed by atoms with E-state index < -0.39 is 10.0 Å². The third-order valence-electron chi connectivity index (χ3n) is 4.48. The van der Waals surface area contributed by atoms with Gasteiger partial charge < -0.3 is 14.4 Å². The molecule has 0 aromatic heterocycles. The van der Waals surface area contributed by atoms with Gasteiger partial charge in [-0.1, -0.05) is 0 Å². The van der Waals surface area contributed by atoms with Crippen LogP contribution in [0.1, 0.15) is 12.0 Å². The molecule has 0 aliphatic heterocycles. The monoisotopic (exact) mass is 451 g/mol. The molecule has 8 heteroatoms. The fourth-order valence-electron chi connectivity index (χ4n) is 2.82. The van der Waals surface area contributed by atoms with Crippen LogP contribution in [0.15, 0.2) is 77.7 Å². The first-order valence-corrected chi connectivity index (χ1v) is 11.5. The molecule has 166 valence electrons. The number of nitriles is 1. The Morgan fingerprint density at radius 2 is 1.44 bits per heavy atom. The summed E-state index contributed by atoms with van der Waals surface area (Å²) in [5.41, 5.74) is 0.965. The van der Waals surface area contributed by atoms with Crippen LogP contribution in [0.4, 0.5) is 5.69 Å². The Morgan fingerprint density at radius 3 is 2.00 bits per heavy atom. The lowest BCUT2D eigenvalue weighted by atomic mass is 10.2. The second-order valence-electron chi connectivity index (χ2n) is 7.34. The maximum atomic E-state index is 12.7. The highest BCUT2D eigenvalue weighted by Crippen LogP contribution is 2.25. The summed E-state index contributed by atoms with van der Waals surface area (Å²) < 4.78 is 39.3. The molecule has 0 aliphatic carbocycles. The third-order valence-corrected chi connectivity index (χ3v) is 5.88. The Kier molecular flexibility index (Phi) is 7.71. The second-order valence-corrected chi connectivity index (χ2v) is 9.03. The van der Waals surface area contributed by atoms with E-state index in [2.05, 4.69) is 9.62 Å². The van der Waals surface area contributed by atoms with Gasteiger partial charge in [-0.3, -0.25) is 4.72 Å². The molecule has 0 atom stereocenters. The van der Waals surface area contributed by atoms with E-state index in [0.717, 1.165) is 13.0 Å². The first-order chi connectivity index (χ1) is 15.4. The van der Waals surface area contributed by atoms with E-state index in [4.69, 9.17) is 14.7 Å². The molecule has 0 aliphatic rings. The third kappa shape index (κ3) is 6.74. The summed E-state index contributed by atoms with van der Waals surface area (Å²) in [5.74, 6) is 1.77. The van der Waals surface area contributed by atoms with Crippen LogP contribution in [0.25, 0.3) is 0 Å². The number of anilines is 1. The maximum Gasteiger partial charge on any atom is 0.261 e. The number of hydrogen-bond donors (Lipinski definition) is 1. The highest BCUT2D eigenvalue weighted by atomic mass is 32.2. The standard InChI is InChI=1S/C24H25N3O4S/c1-27(2)16-3-17-30-21-12-14-24(15-13-21)32(28,29)26-20-6-10-23(11-7-20)31-22-8-4-19(18-25)5-9-22/h4-15,26H,3,16-17H2,1-2H3. The summed E-state index contributed by atoms with van der Waals surface area (Å²) >= 11 is 0. The molecule has 3 rings (SSSR count). The average Bonchev–Trinajstić information content (AvgIpc) is 2.78. The molecule has 0 unspecified atom stereocenters. The van der Waals surface area contributed by atoms with Crippen LogP contribution < -0.4 is 14.2 Å². The van der Waals surface area contributed by atoms with Crippen molar-refractivity contribution in [1.29, 1.82) is 5.26 Å². The second kappa shape index (κ2) is 10.7. The van der Waals surface area contributed by atoms with Crippen LogP contribution in [0, 0.1) is 11.3 Å². The number of nitrogens with zero attached hydrogens (tertiary/aromatic N) is 2. The fourth-order valence-corrected chi connectivity index (χ4v) is 3.88. The summed E-state index contributed by atoms with van der Waals surface area (Å²) in [6.07, 6.45) is 0.888. The average molecular weight is 452 g/mol. The lowest BCUT2D eigenvalue weighted by molar-refractivity contribution is 0.281. The van der Waals surface area contributed by atoms with Crippen molar-refractivity contribution in [1.82, 2.24) is 4.90 Å². The molecule has 32 heavy (non-hydrogen) atoms. The van der Waals surface area contributed by atoms with Crippen molar-refractivity contribution >= 4 is 15.7 Å². The van der Waals surface area contributed by atoms with Crippen molar-refractivity contribution in [3.05, 3.63) is 78.4 Å². The van der Waals surface area contributed by atoms with Gasteiger partial charge in [0.2, 0.25) is 0 Å². The highest BCUT2D eigenvalue weighted by Gasteiger charge is 2.14. The molecule has 1 N–H and O–H groups in total. The van der Waals surface area contributed by atoms with Crippen LogP contribution in [-0.2, 0) is 10.0 Å². The zero-order chi connectivity index (χ0) is 23.0. The Hall–Kier alpha value is -3.54. The van der Waals surface area contributed by atoms with E-state index >= 15 is 0 Å². The van der Waals surface area contributed by atoms with E-state index in [9.17, 15) is 8.42 Å². The zero-order valence-corrected chi connectivity index (χ0v) is 18.8. The van der Waals surface area contributed by atoms with Crippen LogP contribution in [-0.4, -0.2) is 40.6 Å². The number of rotatable bonds is 10. The zero-order valence-electron chi connectivity index (χ0n) is 18.0. The van der Waals surface area contributed by atoms with Crippen molar-refractivity contribution < 1.29 is 17.9 Å². The van der Waals surface area contributed by atoms with E-state index in [1.807, 2.05) is 20.2 Å². The van der Waals surface area contributed by atoms with Crippen molar-refractivity contribution in [2.75, 3.05) is 32.0 Å². The topological polar surface area (TPSA) is 91.7 Å². The summed E-state index contributed by atoms with van der Waals surface area (Å²) in [6, 6.07) is 21.7. The number of ether oxygens (including phenoxy) is 2. The van der Waals surface area contributed by atoms with Crippen LogP contribution in [0.5, 0.6) is 17.2 Å². The smallest absolute Gasteiger partial charge is 0.261 e. The summed E-state index contributed by atoms with van der Waals surface area (Å²) in [4.78, 5) is 2.23. The van der Waals surface area contributed by atoms with Gasteiger partial charge in [-0.15, -0.1) is 0 Å². The minimum Gasteiger partial charge on any atom is -0.494 e. The van der Waals surface area contributed by atoms with Gasteiger partial charge in [-0.2, -0.15) is 5.26 Å². The SMILES string of the molecule is CN(C)CCCOc1ccc(S(=O)(=O)Nc2ccc(Oc3ccc(C#N)cc3)cc2)cc1. The minimum absolute atomic E-state index is 0.149. The lowest BCUT2D eigenvalue weighted by Gasteiger charge is -2.12. The van der Waals surface area contributed by atoms with Crippen molar-refractivity contribution in [2.24, 2.45) is 0 Å². The highest BCUT2D eigenvalue weighted by molar-refractivity contribution is 7.92. The van der Waals surface area contributed by atoms with Crippen molar-refractivity contribution in [3.8, 4) is 23.3 Å². The molecular weight excluding hydrogens is 426 g/mol. The van der Waals surface area contributed by atoms with Gasteiger partial charge in [0.15, 0.2) is 0 Å². The Labute approximate surface area is 188 Å². The van der Waals surface area contributed by atoms with E-state index in [-0.39, 0.29) is 4.90 Å². The number of sulfonamides is 1. The van der Waals surface area contributed by atoms with E-state index in [1.54, 1.807) is 60.7 Å². The molecule has 7 nitrogen and oxygen atoms in total. The van der Waals surface area contributed by atoms with Gasteiger partial charge in [0, 0.05) is 12.2 Å². The van der Waals surface area contributed by atoms with E-state index in [0.29, 0.717) is 35.1 Å². The predicted octanol–water partition coefficient (Wildman–Crippen LogP) is 4.48. The first kappa shape index (κ1) is 23.1. The van der Waals surface area contributed by atoms with Gasteiger partial charge in [-0.25, -0.2) is 8.42 Å². The molecule has 0 fully saturated rings. The van der Waals surface area contributed by atoms with Crippen LogP contribution in [0.2, 0.25) is 0 Å². The molecule has 3 aromatic carbocycles. The van der Waals surface area contributed by atoms with Crippen LogP contribution >= 0.6 is 0 Å². The number of nitrogens with one attached hydrogen (secondary N) is 1. The van der Waals surface area contributed by atoms with Gasteiger partial charge >= 0.3 is 0 Å². The normalized spacial score (nSPS) is 11.1. The van der Waals surface area contributed by atoms with Gasteiger partial charge in [0.05, 0.1) is 23.1 Å². The fraction of sp³-hybridized carbons (Fsp3) is 0.208. The minimum atomic E-state index is -3.73. The summed E-state index contributed by atoms with van der Waals surface area (Å²) in [7, 11) is 0.276. The molecule has 0 amide bonds. The van der Waals surface area contributed by atoms with Crippen LogP contribution in [0.3, 0.4) is 0 Å². The number of benzene rings is 3. The summed E-state index contributed by atoms with van der Waals surface area (Å²) in [5, 5.41) is 8.84. The largest absolute Gasteiger partial charge is 0.494 e. The van der Waals surface area contributed by atoms with Gasteiger partial charge in [0.25, 0.3) is 10.0 Å². The maximum absolute atomic E-state index is 12.7. The molecule has 0 saturated carbocycles. The van der Waals surface area contributed by atoms with Crippen molar-refractivity contribution in [2.45, 2.75) is 11.3 Å². The number of hydrogen-bond acceptors (Lipinski definition) is 6. The molecule has 0 bridgehead atoms. The Balaban J connectivity index is 1.57. The molecule has 0 saturated heterocycles. The Morgan fingerprint density at radius 1 is 0.875 bits per heavy atom. The van der Waals surface area contributed by atoms with Crippen molar-refractivity contribution in [3.63, 3.8) is 0 Å². The lowest BCUT2D eigenvalue weighted by Crippen LogP contribution is -2.15. The quantitative estimate of drug-likeness (QED) is 0.457. The van der Waals surface area contributed by atoms with E-state index in [1.165, 1.54) is 12.1 Å².